The van der Waals surface area contributed by atoms with Crippen LogP contribution in [0, 0.1) is 12.3 Å². The first-order valence-corrected chi connectivity index (χ1v) is 6.30. The number of carbonyl (C=O) groups is 1. The van der Waals surface area contributed by atoms with E-state index in [9.17, 15) is 4.79 Å². The third kappa shape index (κ3) is 5.00. The van der Waals surface area contributed by atoms with E-state index in [-0.39, 0.29) is 18.9 Å². The highest BCUT2D eigenvalue weighted by Gasteiger charge is 2.07. The van der Waals surface area contributed by atoms with Crippen molar-refractivity contribution in [1.82, 2.24) is 4.90 Å². The molecule has 0 spiro atoms. The Bertz CT molecular complexity index is 512. The van der Waals surface area contributed by atoms with Crippen LogP contribution in [0.3, 0.4) is 0 Å². The maximum Gasteiger partial charge on any atom is 0.321 e. The second kappa shape index (κ2) is 7.63. The molecule has 0 bridgehead atoms. The Morgan fingerprint density at radius 1 is 1.55 bits per heavy atom. The standard InChI is InChI=1S/C14H17ClN2O3/c1-5-10(2)19-9-20-13-7-6-11(8-12(13)15)16-14(18)17(3)4/h1,6-8,10H,9H2,2-4H3,(H,16,18). The molecule has 5 nitrogen and oxygen atoms in total. The van der Waals surface area contributed by atoms with Gasteiger partial charge in [-0.25, -0.2) is 4.79 Å². The van der Waals surface area contributed by atoms with Gasteiger partial charge in [-0.05, 0) is 25.1 Å². The SMILES string of the molecule is C#CC(C)OCOc1ccc(NC(=O)N(C)C)cc1Cl. The second-order valence-corrected chi connectivity index (χ2v) is 4.61. The summed E-state index contributed by atoms with van der Waals surface area (Å²) >= 11 is 6.06. The van der Waals surface area contributed by atoms with Crippen LogP contribution < -0.4 is 10.1 Å². The zero-order valence-corrected chi connectivity index (χ0v) is 12.4. The summed E-state index contributed by atoms with van der Waals surface area (Å²) in [5.74, 6) is 2.88. The summed E-state index contributed by atoms with van der Waals surface area (Å²) in [5, 5.41) is 3.06. The molecular weight excluding hydrogens is 280 g/mol. The lowest BCUT2D eigenvalue weighted by atomic mass is 10.3. The van der Waals surface area contributed by atoms with Crippen LogP contribution in [-0.2, 0) is 4.74 Å². The Balaban J connectivity index is 2.60. The summed E-state index contributed by atoms with van der Waals surface area (Å²) in [7, 11) is 3.30. The number of hydrogen-bond donors (Lipinski definition) is 1. The first-order chi connectivity index (χ1) is 9.43. The zero-order chi connectivity index (χ0) is 15.1. The quantitative estimate of drug-likeness (QED) is 0.671. The van der Waals surface area contributed by atoms with E-state index in [0.29, 0.717) is 16.5 Å². The molecule has 0 saturated carbocycles. The average Bonchev–Trinajstić information content (AvgIpc) is 2.40. The summed E-state index contributed by atoms with van der Waals surface area (Å²) in [6, 6.07) is 4.70. The summed E-state index contributed by atoms with van der Waals surface area (Å²) in [6.45, 7) is 1.75. The van der Waals surface area contributed by atoms with E-state index in [0.717, 1.165) is 0 Å². The van der Waals surface area contributed by atoms with E-state index >= 15 is 0 Å². The van der Waals surface area contributed by atoms with Gasteiger partial charge >= 0.3 is 6.03 Å². The molecule has 1 N–H and O–H groups in total. The normalized spacial score (nSPS) is 11.3. The number of anilines is 1. The van der Waals surface area contributed by atoms with Gasteiger partial charge in [0.25, 0.3) is 0 Å². The lowest BCUT2D eigenvalue weighted by Gasteiger charge is -2.14. The first kappa shape index (κ1) is 16.2. The lowest BCUT2D eigenvalue weighted by Crippen LogP contribution is -2.27. The predicted molar refractivity (Wildman–Crippen MR) is 79.0 cm³/mol. The fourth-order valence-electron chi connectivity index (χ4n) is 1.18. The monoisotopic (exact) mass is 296 g/mol. The Morgan fingerprint density at radius 2 is 2.25 bits per heavy atom. The molecule has 2 amide bonds. The van der Waals surface area contributed by atoms with Crippen molar-refractivity contribution in [3.8, 4) is 18.1 Å². The Hall–Kier alpha value is -1.90. The summed E-state index contributed by atoms with van der Waals surface area (Å²) in [4.78, 5) is 12.9. The summed E-state index contributed by atoms with van der Waals surface area (Å²) < 4.78 is 10.5. The van der Waals surface area contributed by atoms with Crippen LogP contribution in [0.25, 0.3) is 0 Å². The number of amides is 2. The van der Waals surface area contributed by atoms with E-state index < -0.39 is 0 Å². The van der Waals surface area contributed by atoms with Gasteiger partial charge in [-0.1, -0.05) is 17.5 Å². The molecule has 0 aliphatic carbocycles. The molecule has 1 aromatic rings. The van der Waals surface area contributed by atoms with Crippen LogP contribution >= 0.6 is 11.6 Å². The molecule has 1 unspecified atom stereocenters. The number of hydrogen-bond acceptors (Lipinski definition) is 3. The van der Waals surface area contributed by atoms with Gasteiger partial charge in [-0.3, -0.25) is 0 Å². The van der Waals surface area contributed by atoms with Gasteiger partial charge in [-0.15, -0.1) is 6.42 Å². The minimum Gasteiger partial charge on any atom is -0.466 e. The van der Waals surface area contributed by atoms with Gasteiger partial charge in [0.15, 0.2) is 6.79 Å². The van der Waals surface area contributed by atoms with Crippen molar-refractivity contribution in [3.63, 3.8) is 0 Å². The molecule has 6 heteroatoms. The van der Waals surface area contributed by atoms with E-state index in [1.165, 1.54) is 4.90 Å². The average molecular weight is 297 g/mol. The van der Waals surface area contributed by atoms with Crippen molar-refractivity contribution in [2.75, 3.05) is 26.2 Å². The number of carbonyl (C=O) groups excluding carboxylic acids is 1. The molecule has 0 saturated heterocycles. The van der Waals surface area contributed by atoms with Crippen molar-refractivity contribution in [2.45, 2.75) is 13.0 Å². The van der Waals surface area contributed by atoms with Gasteiger partial charge in [0.2, 0.25) is 0 Å². The van der Waals surface area contributed by atoms with Crippen molar-refractivity contribution in [1.29, 1.82) is 0 Å². The zero-order valence-electron chi connectivity index (χ0n) is 11.6. The molecule has 1 aromatic carbocycles. The number of nitrogens with one attached hydrogen (secondary N) is 1. The Kier molecular flexibility index (Phi) is 6.16. The second-order valence-electron chi connectivity index (χ2n) is 4.21. The van der Waals surface area contributed by atoms with Gasteiger partial charge in [0.05, 0.1) is 5.02 Å². The highest BCUT2D eigenvalue weighted by Crippen LogP contribution is 2.27. The van der Waals surface area contributed by atoms with Crippen LogP contribution in [0.15, 0.2) is 18.2 Å². The smallest absolute Gasteiger partial charge is 0.321 e. The number of ether oxygens (including phenoxy) is 2. The molecule has 0 aromatic heterocycles. The molecule has 1 atom stereocenters. The first-order valence-electron chi connectivity index (χ1n) is 5.92. The largest absolute Gasteiger partial charge is 0.466 e. The molecule has 0 aliphatic rings. The van der Waals surface area contributed by atoms with E-state index in [1.807, 2.05) is 0 Å². The van der Waals surface area contributed by atoms with Crippen molar-refractivity contribution in [3.05, 3.63) is 23.2 Å². The van der Waals surface area contributed by atoms with Gasteiger partial charge < -0.3 is 19.7 Å². The summed E-state index contributed by atoms with van der Waals surface area (Å²) in [5.41, 5.74) is 0.582. The molecule has 108 valence electrons. The number of urea groups is 1. The fourth-order valence-corrected chi connectivity index (χ4v) is 1.41. The third-order valence-corrected chi connectivity index (χ3v) is 2.65. The number of benzene rings is 1. The minimum absolute atomic E-state index is 0.00842. The summed E-state index contributed by atoms with van der Waals surface area (Å²) in [6.07, 6.45) is 4.84. The molecule has 1 rings (SSSR count). The van der Waals surface area contributed by atoms with Crippen LogP contribution in [0.4, 0.5) is 10.5 Å². The molecule has 0 heterocycles. The van der Waals surface area contributed by atoms with Crippen LogP contribution in [-0.4, -0.2) is 37.9 Å². The molecule has 0 fully saturated rings. The number of terminal acetylenes is 1. The van der Waals surface area contributed by atoms with Crippen molar-refractivity contribution < 1.29 is 14.3 Å². The number of halogens is 1. The van der Waals surface area contributed by atoms with Gasteiger partial charge in [0, 0.05) is 19.8 Å². The Morgan fingerprint density at radius 3 is 2.80 bits per heavy atom. The predicted octanol–water partition coefficient (Wildman–Crippen LogP) is 2.81. The fraction of sp³-hybridized carbons (Fsp3) is 0.357. The topological polar surface area (TPSA) is 50.8 Å². The number of rotatable bonds is 5. The van der Waals surface area contributed by atoms with Crippen LogP contribution in [0.1, 0.15) is 6.92 Å². The molecular formula is C14H17ClN2O3. The van der Waals surface area contributed by atoms with Crippen molar-refractivity contribution >= 4 is 23.3 Å². The number of nitrogens with zero attached hydrogens (tertiary/aromatic N) is 1. The lowest BCUT2D eigenvalue weighted by molar-refractivity contribution is -0.00456. The van der Waals surface area contributed by atoms with Crippen LogP contribution in [0.2, 0.25) is 5.02 Å². The third-order valence-electron chi connectivity index (χ3n) is 2.36. The van der Waals surface area contributed by atoms with Crippen molar-refractivity contribution in [2.24, 2.45) is 0 Å². The highest BCUT2D eigenvalue weighted by atomic mass is 35.5. The Labute approximate surface area is 123 Å². The van der Waals surface area contributed by atoms with Crippen LogP contribution in [0.5, 0.6) is 5.75 Å². The minimum atomic E-state index is -0.326. The van der Waals surface area contributed by atoms with Gasteiger partial charge in [-0.2, -0.15) is 0 Å². The maximum absolute atomic E-state index is 11.5. The van der Waals surface area contributed by atoms with E-state index in [4.69, 9.17) is 27.5 Å². The maximum atomic E-state index is 11.5. The van der Waals surface area contributed by atoms with Gasteiger partial charge in [0.1, 0.15) is 11.9 Å². The molecule has 0 aliphatic heterocycles. The van der Waals surface area contributed by atoms with E-state index in [2.05, 4.69) is 11.2 Å². The molecule has 0 radical (unpaired) electrons. The van der Waals surface area contributed by atoms with E-state index in [1.54, 1.807) is 39.2 Å². The highest BCUT2D eigenvalue weighted by molar-refractivity contribution is 6.32. The molecule has 20 heavy (non-hydrogen) atoms.